The van der Waals surface area contributed by atoms with Gasteiger partial charge in [0.25, 0.3) is 0 Å². The predicted molar refractivity (Wildman–Crippen MR) is 105 cm³/mol. The number of imide groups is 2. The van der Waals surface area contributed by atoms with Crippen LogP contribution in [0.3, 0.4) is 0 Å². The van der Waals surface area contributed by atoms with E-state index >= 15 is 0 Å². The van der Waals surface area contributed by atoms with Crippen molar-refractivity contribution < 1.29 is 19.2 Å². The van der Waals surface area contributed by atoms with E-state index in [9.17, 15) is 19.2 Å². The van der Waals surface area contributed by atoms with Gasteiger partial charge < -0.3 is 10.6 Å². The molecule has 0 aliphatic carbocycles. The van der Waals surface area contributed by atoms with Crippen LogP contribution in [0, 0.1) is 11.8 Å². The van der Waals surface area contributed by atoms with Gasteiger partial charge in [-0.3, -0.25) is 29.0 Å². The van der Waals surface area contributed by atoms with Gasteiger partial charge in [-0.1, -0.05) is 12.2 Å². The molecule has 2 atom stereocenters. The largest absolute Gasteiger partial charge is 0.314 e. The highest BCUT2D eigenvalue weighted by atomic mass is 16.2. The Kier molecular flexibility index (Phi) is 8.53. The fourth-order valence-electron chi connectivity index (χ4n) is 3.55. The minimum atomic E-state index is -0.256. The lowest BCUT2D eigenvalue weighted by Gasteiger charge is -2.16. The molecule has 2 rings (SSSR count). The third-order valence-corrected chi connectivity index (χ3v) is 5.08. The Bertz CT molecular complexity index is 580. The Morgan fingerprint density at radius 1 is 0.750 bits per heavy atom. The zero-order chi connectivity index (χ0) is 20.5. The average molecular weight is 390 g/mol. The molecule has 0 radical (unpaired) electrons. The SMILES string of the molecule is C=CCC1CC(=O)N(CCNCCNCCN2C(=O)CC(CC=C)C2=O)C1=O. The molecule has 2 N–H and O–H groups in total. The van der Waals surface area contributed by atoms with Crippen molar-refractivity contribution in [2.24, 2.45) is 11.8 Å². The number of nitrogens with zero attached hydrogens (tertiary/aromatic N) is 2. The van der Waals surface area contributed by atoms with Crippen molar-refractivity contribution in [3.05, 3.63) is 25.3 Å². The minimum absolute atomic E-state index is 0.112. The Hall–Kier alpha value is -2.32. The van der Waals surface area contributed by atoms with Gasteiger partial charge in [-0.25, -0.2) is 0 Å². The van der Waals surface area contributed by atoms with E-state index in [1.165, 1.54) is 9.80 Å². The van der Waals surface area contributed by atoms with E-state index in [1.807, 2.05) is 0 Å². The van der Waals surface area contributed by atoms with Crippen molar-refractivity contribution in [3.8, 4) is 0 Å². The highest BCUT2D eigenvalue weighted by Gasteiger charge is 2.37. The minimum Gasteiger partial charge on any atom is -0.314 e. The maximum absolute atomic E-state index is 12.1. The fraction of sp³-hybridized carbons (Fsp3) is 0.600. The van der Waals surface area contributed by atoms with Gasteiger partial charge in [0.1, 0.15) is 0 Å². The molecule has 0 spiro atoms. The number of nitrogens with one attached hydrogen (secondary N) is 2. The van der Waals surface area contributed by atoms with Crippen molar-refractivity contribution in [2.75, 3.05) is 39.3 Å². The van der Waals surface area contributed by atoms with Crippen molar-refractivity contribution in [1.82, 2.24) is 20.4 Å². The maximum atomic E-state index is 12.1. The summed E-state index contributed by atoms with van der Waals surface area (Å²) >= 11 is 0. The highest BCUT2D eigenvalue weighted by molar-refractivity contribution is 6.04. The summed E-state index contributed by atoms with van der Waals surface area (Å²) in [6, 6.07) is 0. The third-order valence-electron chi connectivity index (χ3n) is 5.08. The normalized spacial score (nSPS) is 22.4. The molecule has 154 valence electrons. The summed E-state index contributed by atoms with van der Waals surface area (Å²) in [6.45, 7) is 10.4. The third kappa shape index (κ3) is 5.59. The van der Waals surface area contributed by atoms with Crippen LogP contribution in [0.4, 0.5) is 0 Å². The van der Waals surface area contributed by atoms with E-state index in [1.54, 1.807) is 12.2 Å². The van der Waals surface area contributed by atoms with Crippen LogP contribution >= 0.6 is 0 Å². The van der Waals surface area contributed by atoms with Crippen LogP contribution in [0.2, 0.25) is 0 Å². The van der Waals surface area contributed by atoms with Gasteiger partial charge in [0.05, 0.1) is 11.8 Å². The molecule has 2 fully saturated rings. The summed E-state index contributed by atoms with van der Waals surface area (Å²) in [5, 5.41) is 6.37. The summed E-state index contributed by atoms with van der Waals surface area (Å²) in [6.07, 6.45) is 4.96. The second-order valence-corrected chi connectivity index (χ2v) is 7.12. The van der Waals surface area contributed by atoms with Crippen molar-refractivity contribution in [3.63, 3.8) is 0 Å². The molecule has 8 heteroatoms. The summed E-state index contributed by atoms with van der Waals surface area (Å²) in [5.41, 5.74) is 0. The fourth-order valence-corrected chi connectivity index (χ4v) is 3.55. The number of likely N-dealkylation sites (tertiary alicyclic amines) is 2. The first-order valence-corrected chi connectivity index (χ1v) is 9.81. The maximum Gasteiger partial charge on any atom is 0.233 e. The van der Waals surface area contributed by atoms with Crippen LogP contribution in [0.25, 0.3) is 0 Å². The Balaban J connectivity index is 1.54. The lowest BCUT2D eigenvalue weighted by atomic mass is 10.0. The zero-order valence-corrected chi connectivity index (χ0v) is 16.3. The second-order valence-electron chi connectivity index (χ2n) is 7.12. The Labute approximate surface area is 166 Å². The topological polar surface area (TPSA) is 98.8 Å². The van der Waals surface area contributed by atoms with E-state index in [0.29, 0.717) is 52.1 Å². The second kappa shape index (κ2) is 10.9. The number of carbonyl (C=O) groups is 4. The smallest absolute Gasteiger partial charge is 0.233 e. The van der Waals surface area contributed by atoms with Crippen LogP contribution in [-0.2, 0) is 19.2 Å². The van der Waals surface area contributed by atoms with Crippen LogP contribution < -0.4 is 10.6 Å². The molecular weight excluding hydrogens is 360 g/mol. The molecule has 28 heavy (non-hydrogen) atoms. The number of amides is 4. The monoisotopic (exact) mass is 390 g/mol. The van der Waals surface area contributed by atoms with Crippen LogP contribution in [0.15, 0.2) is 25.3 Å². The quantitative estimate of drug-likeness (QED) is 0.262. The lowest BCUT2D eigenvalue weighted by molar-refractivity contribution is -0.140. The number of rotatable bonds is 13. The molecule has 2 saturated heterocycles. The molecular formula is C20H30N4O4. The molecule has 2 aliphatic heterocycles. The summed E-state index contributed by atoms with van der Waals surface area (Å²) in [5.74, 6) is -0.973. The highest BCUT2D eigenvalue weighted by Crippen LogP contribution is 2.23. The van der Waals surface area contributed by atoms with Gasteiger partial charge in [-0.15, -0.1) is 13.2 Å². The molecule has 0 aromatic carbocycles. The number of allylic oxidation sites excluding steroid dienone is 2. The summed E-state index contributed by atoms with van der Waals surface area (Å²) in [7, 11) is 0. The first kappa shape index (κ1) is 22.0. The van der Waals surface area contributed by atoms with E-state index in [2.05, 4.69) is 23.8 Å². The molecule has 4 amide bonds. The molecule has 0 aromatic rings. The lowest BCUT2D eigenvalue weighted by Crippen LogP contribution is -2.40. The summed E-state index contributed by atoms with van der Waals surface area (Å²) < 4.78 is 0. The van der Waals surface area contributed by atoms with E-state index in [4.69, 9.17) is 0 Å². The van der Waals surface area contributed by atoms with Crippen molar-refractivity contribution in [1.29, 1.82) is 0 Å². The molecule has 2 heterocycles. The molecule has 8 nitrogen and oxygen atoms in total. The Morgan fingerprint density at radius 2 is 1.14 bits per heavy atom. The van der Waals surface area contributed by atoms with E-state index in [-0.39, 0.29) is 48.3 Å². The number of hydrogen-bond acceptors (Lipinski definition) is 6. The van der Waals surface area contributed by atoms with Crippen molar-refractivity contribution in [2.45, 2.75) is 25.7 Å². The van der Waals surface area contributed by atoms with Crippen LogP contribution in [0.1, 0.15) is 25.7 Å². The van der Waals surface area contributed by atoms with Gasteiger partial charge in [0, 0.05) is 52.1 Å². The van der Waals surface area contributed by atoms with Crippen LogP contribution in [-0.4, -0.2) is 72.7 Å². The molecule has 2 aliphatic rings. The molecule has 0 aromatic heterocycles. The van der Waals surface area contributed by atoms with Gasteiger partial charge in [0.2, 0.25) is 23.6 Å². The van der Waals surface area contributed by atoms with Crippen molar-refractivity contribution >= 4 is 23.6 Å². The van der Waals surface area contributed by atoms with E-state index < -0.39 is 0 Å². The summed E-state index contributed by atoms with van der Waals surface area (Å²) in [4.78, 5) is 50.6. The van der Waals surface area contributed by atoms with E-state index in [0.717, 1.165) is 0 Å². The standard InChI is InChI=1S/C20H30N4O4/c1-3-5-15-13-17(25)23(19(15)27)11-9-21-7-8-22-10-12-24-18(26)14-16(6-4-2)20(24)28/h3-4,15-16,21-22H,1-2,5-14H2. The molecule has 0 bridgehead atoms. The van der Waals surface area contributed by atoms with Gasteiger partial charge in [0.15, 0.2) is 0 Å². The number of carbonyl (C=O) groups excluding carboxylic acids is 4. The van der Waals surface area contributed by atoms with Gasteiger partial charge >= 0.3 is 0 Å². The molecule has 2 unspecified atom stereocenters. The van der Waals surface area contributed by atoms with Crippen LogP contribution in [0.5, 0.6) is 0 Å². The predicted octanol–water partition coefficient (Wildman–Crippen LogP) is 0.0680. The van der Waals surface area contributed by atoms with Gasteiger partial charge in [-0.2, -0.15) is 0 Å². The zero-order valence-electron chi connectivity index (χ0n) is 16.3. The first-order valence-electron chi connectivity index (χ1n) is 9.81. The average Bonchev–Trinajstić information content (AvgIpc) is 3.08. The first-order chi connectivity index (χ1) is 13.5. The Morgan fingerprint density at radius 3 is 1.50 bits per heavy atom. The number of hydrogen-bond donors (Lipinski definition) is 2. The molecule has 0 saturated carbocycles. The van der Waals surface area contributed by atoms with Gasteiger partial charge in [-0.05, 0) is 12.8 Å².